The number of benzene rings is 2. The standard InChI is InChI=1S/C32H33N7O3/c1-5-27(40)38-13-11-23(12-14-38)39-18-22(17-36-39)30-28(29-31(33)34-19-35-32(29)37(30)3)21-9-10-25(26(16-21)41-4)42-24-8-6-7-20(2)15-24/h5-10,15-19,23H,1,11-14H2,2-4H3,(H2,33,34,35). The van der Waals surface area contributed by atoms with E-state index in [9.17, 15) is 4.79 Å². The van der Waals surface area contributed by atoms with Crippen molar-refractivity contribution in [1.29, 1.82) is 0 Å². The second-order valence-corrected chi connectivity index (χ2v) is 10.5. The van der Waals surface area contributed by atoms with Crippen molar-refractivity contribution in [2.75, 3.05) is 25.9 Å². The Morgan fingerprint density at radius 2 is 1.90 bits per heavy atom. The Labute approximate surface area is 244 Å². The van der Waals surface area contributed by atoms with Crippen LogP contribution in [0.4, 0.5) is 5.82 Å². The third kappa shape index (κ3) is 4.85. The van der Waals surface area contributed by atoms with Gasteiger partial charge in [-0.2, -0.15) is 5.10 Å². The first-order chi connectivity index (χ1) is 20.4. The first kappa shape index (κ1) is 27.1. The minimum atomic E-state index is -0.0285. The van der Waals surface area contributed by atoms with Gasteiger partial charge in [-0.05, 0) is 61.2 Å². The lowest BCUT2D eigenvalue weighted by Gasteiger charge is -2.31. The second-order valence-electron chi connectivity index (χ2n) is 10.5. The molecule has 42 heavy (non-hydrogen) atoms. The van der Waals surface area contributed by atoms with Crippen molar-refractivity contribution >= 4 is 22.8 Å². The molecule has 0 spiro atoms. The lowest BCUT2D eigenvalue weighted by Crippen LogP contribution is -2.38. The Morgan fingerprint density at radius 1 is 1.10 bits per heavy atom. The number of ether oxygens (including phenoxy) is 2. The molecule has 1 aliphatic heterocycles. The summed E-state index contributed by atoms with van der Waals surface area (Å²) in [6.07, 6.45) is 8.42. The number of rotatable bonds is 7. The number of aromatic nitrogens is 5. The van der Waals surface area contributed by atoms with E-state index in [1.165, 1.54) is 12.4 Å². The number of nitrogens with zero attached hydrogens (tertiary/aromatic N) is 6. The monoisotopic (exact) mass is 563 g/mol. The molecule has 2 aromatic carbocycles. The summed E-state index contributed by atoms with van der Waals surface area (Å²) < 4.78 is 16.0. The van der Waals surface area contributed by atoms with Gasteiger partial charge in [0.25, 0.3) is 0 Å². The highest BCUT2D eigenvalue weighted by molar-refractivity contribution is 6.07. The van der Waals surface area contributed by atoms with Gasteiger partial charge < -0.3 is 24.7 Å². The number of amides is 1. The van der Waals surface area contributed by atoms with Gasteiger partial charge in [0.15, 0.2) is 11.5 Å². The number of hydrogen-bond acceptors (Lipinski definition) is 7. The molecule has 6 rings (SSSR count). The zero-order valence-corrected chi connectivity index (χ0v) is 23.9. The van der Waals surface area contributed by atoms with Crippen molar-refractivity contribution in [3.05, 3.63) is 79.4 Å². The first-order valence-electron chi connectivity index (χ1n) is 13.9. The molecule has 0 radical (unpaired) electrons. The van der Waals surface area contributed by atoms with Gasteiger partial charge in [-0.15, -0.1) is 0 Å². The maximum Gasteiger partial charge on any atom is 0.245 e. The molecule has 1 fully saturated rings. The lowest BCUT2D eigenvalue weighted by molar-refractivity contribution is -0.127. The van der Waals surface area contributed by atoms with Crippen LogP contribution in [-0.4, -0.2) is 55.3 Å². The number of carbonyl (C=O) groups excluding carboxylic acids is 1. The van der Waals surface area contributed by atoms with Gasteiger partial charge in [0.2, 0.25) is 5.91 Å². The van der Waals surface area contributed by atoms with E-state index in [0.29, 0.717) is 30.4 Å². The van der Waals surface area contributed by atoms with Crippen LogP contribution in [-0.2, 0) is 11.8 Å². The van der Waals surface area contributed by atoms with Crippen LogP contribution < -0.4 is 15.2 Å². The maximum atomic E-state index is 12.0. The second kappa shape index (κ2) is 11.0. The molecular weight excluding hydrogens is 530 g/mol. The number of fused-ring (bicyclic) bond motifs is 1. The van der Waals surface area contributed by atoms with Crippen molar-refractivity contribution in [2.24, 2.45) is 7.05 Å². The van der Waals surface area contributed by atoms with Crippen molar-refractivity contribution in [3.63, 3.8) is 0 Å². The Morgan fingerprint density at radius 3 is 2.64 bits per heavy atom. The van der Waals surface area contributed by atoms with Crippen molar-refractivity contribution in [3.8, 4) is 39.6 Å². The maximum absolute atomic E-state index is 12.0. The molecule has 5 aromatic rings. The smallest absolute Gasteiger partial charge is 0.245 e. The molecule has 3 aromatic heterocycles. The number of carbonyl (C=O) groups is 1. The van der Waals surface area contributed by atoms with Crippen molar-refractivity contribution < 1.29 is 14.3 Å². The molecule has 0 atom stereocenters. The average molecular weight is 564 g/mol. The molecule has 0 bridgehead atoms. The van der Waals surface area contributed by atoms with Gasteiger partial charge >= 0.3 is 0 Å². The molecule has 4 heterocycles. The summed E-state index contributed by atoms with van der Waals surface area (Å²) in [4.78, 5) is 22.7. The molecule has 1 aliphatic rings. The molecule has 10 heteroatoms. The van der Waals surface area contributed by atoms with Crippen LogP contribution in [0.1, 0.15) is 24.4 Å². The minimum Gasteiger partial charge on any atom is -0.493 e. The van der Waals surface area contributed by atoms with E-state index in [-0.39, 0.29) is 11.9 Å². The molecule has 0 saturated carbocycles. The molecule has 214 valence electrons. The fourth-order valence-electron chi connectivity index (χ4n) is 5.75. The van der Waals surface area contributed by atoms with Crippen LogP contribution in [0.5, 0.6) is 17.2 Å². The van der Waals surface area contributed by atoms with Gasteiger partial charge in [-0.3, -0.25) is 9.48 Å². The lowest BCUT2D eigenvalue weighted by atomic mass is 9.99. The third-order valence-corrected chi connectivity index (χ3v) is 7.87. The molecule has 0 aliphatic carbocycles. The van der Waals surface area contributed by atoms with Crippen LogP contribution in [0.25, 0.3) is 33.4 Å². The Balaban J connectivity index is 1.41. The van der Waals surface area contributed by atoms with E-state index in [4.69, 9.17) is 20.3 Å². The third-order valence-electron chi connectivity index (χ3n) is 7.87. The summed E-state index contributed by atoms with van der Waals surface area (Å²) in [7, 11) is 3.60. The number of aryl methyl sites for hydroxylation is 2. The predicted molar refractivity (Wildman–Crippen MR) is 162 cm³/mol. The Kier molecular flexibility index (Phi) is 7.12. The van der Waals surface area contributed by atoms with Crippen LogP contribution in [0, 0.1) is 6.92 Å². The van der Waals surface area contributed by atoms with Crippen LogP contribution in [0.15, 0.2) is 73.8 Å². The van der Waals surface area contributed by atoms with Crippen LogP contribution >= 0.6 is 0 Å². The molecule has 1 saturated heterocycles. The summed E-state index contributed by atoms with van der Waals surface area (Å²) in [5.74, 6) is 2.29. The number of anilines is 1. The number of nitrogens with two attached hydrogens (primary N) is 1. The Bertz CT molecular complexity index is 1800. The van der Waals surface area contributed by atoms with E-state index in [1.54, 1.807) is 7.11 Å². The fraction of sp³-hybridized carbons (Fsp3) is 0.250. The predicted octanol–water partition coefficient (Wildman–Crippen LogP) is 5.54. The highest BCUT2D eigenvalue weighted by atomic mass is 16.5. The highest BCUT2D eigenvalue weighted by Gasteiger charge is 2.26. The van der Waals surface area contributed by atoms with Gasteiger partial charge in [0.05, 0.1) is 30.4 Å². The van der Waals surface area contributed by atoms with E-state index in [1.807, 2.05) is 76.8 Å². The van der Waals surface area contributed by atoms with Crippen LogP contribution in [0.2, 0.25) is 0 Å². The van der Waals surface area contributed by atoms with E-state index >= 15 is 0 Å². The molecular formula is C32H33N7O3. The minimum absolute atomic E-state index is 0.0285. The fourth-order valence-corrected chi connectivity index (χ4v) is 5.75. The number of nitrogen functional groups attached to an aromatic ring is 1. The summed E-state index contributed by atoms with van der Waals surface area (Å²) >= 11 is 0. The number of methoxy groups -OCH3 is 1. The zero-order chi connectivity index (χ0) is 29.4. The van der Waals surface area contributed by atoms with E-state index in [0.717, 1.165) is 57.6 Å². The molecule has 1 amide bonds. The number of likely N-dealkylation sites (tertiary alicyclic amines) is 1. The summed E-state index contributed by atoms with van der Waals surface area (Å²) in [5, 5.41) is 5.50. The van der Waals surface area contributed by atoms with Crippen molar-refractivity contribution in [2.45, 2.75) is 25.8 Å². The van der Waals surface area contributed by atoms with Gasteiger partial charge in [0, 0.05) is 37.5 Å². The highest BCUT2D eigenvalue weighted by Crippen LogP contribution is 2.44. The summed E-state index contributed by atoms with van der Waals surface area (Å²) in [5.41, 5.74) is 11.9. The van der Waals surface area contributed by atoms with Gasteiger partial charge in [0.1, 0.15) is 23.5 Å². The van der Waals surface area contributed by atoms with Crippen molar-refractivity contribution in [1.82, 2.24) is 29.2 Å². The topological polar surface area (TPSA) is 113 Å². The molecule has 0 unspecified atom stereocenters. The van der Waals surface area contributed by atoms with Gasteiger partial charge in [-0.25, -0.2) is 9.97 Å². The van der Waals surface area contributed by atoms with E-state index in [2.05, 4.69) is 22.7 Å². The van der Waals surface area contributed by atoms with E-state index < -0.39 is 0 Å². The number of hydrogen-bond donors (Lipinski definition) is 1. The summed E-state index contributed by atoms with van der Waals surface area (Å²) in [6, 6.07) is 13.9. The SMILES string of the molecule is C=CC(=O)N1CCC(n2cc(-c3c(-c4ccc(Oc5cccc(C)c5)c(OC)c4)c4c(N)ncnc4n3C)cn2)CC1. The first-order valence-corrected chi connectivity index (χ1v) is 13.9. The Hall–Kier alpha value is -5.12. The van der Waals surface area contributed by atoms with Gasteiger partial charge in [-0.1, -0.05) is 24.8 Å². The average Bonchev–Trinajstić information content (AvgIpc) is 3.60. The normalized spacial score (nSPS) is 13.8. The summed E-state index contributed by atoms with van der Waals surface area (Å²) in [6.45, 7) is 6.98. The molecule has 10 nitrogen and oxygen atoms in total. The number of piperidine rings is 1. The zero-order valence-electron chi connectivity index (χ0n) is 23.9. The van der Waals surface area contributed by atoms with Crippen LogP contribution in [0.3, 0.4) is 0 Å². The largest absolute Gasteiger partial charge is 0.493 e. The molecule has 2 N–H and O–H groups in total. The quantitative estimate of drug-likeness (QED) is 0.259.